The van der Waals surface area contributed by atoms with Crippen LogP contribution >= 0.6 is 11.8 Å². The van der Waals surface area contributed by atoms with Gasteiger partial charge in [-0.2, -0.15) is 11.8 Å². The maximum atomic E-state index is 6.99. The number of rotatable bonds is 1. The number of hydrogen-bond acceptors (Lipinski definition) is 2. The summed E-state index contributed by atoms with van der Waals surface area (Å²) in [5.41, 5.74) is 5.19. The Morgan fingerprint density at radius 3 is 2.60 bits per heavy atom. The summed E-state index contributed by atoms with van der Waals surface area (Å²) < 4.78 is 0. The highest BCUT2D eigenvalue weighted by molar-refractivity contribution is 7.99. The molecule has 58 valence electrons. The van der Waals surface area contributed by atoms with Crippen molar-refractivity contribution in [3.63, 3.8) is 0 Å². The monoisotopic (exact) mass is 159 g/mol. The van der Waals surface area contributed by atoms with Gasteiger partial charge in [-0.25, -0.2) is 0 Å². The van der Waals surface area contributed by atoms with Crippen molar-refractivity contribution in [3.05, 3.63) is 0 Å². The van der Waals surface area contributed by atoms with E-state index in [0.717, 1.165) is 12.8 Å². The summed E-state index contributed by atoms with van der Waals surface area (Å²) >= 11 is 1.97. The highest BCUT2D eigenvalue weighted by Crippen LogP contribution is 2.16. The third-order valence-electron chi connectivity index (χ3n) is 1.58. The largest absolute Gasteiger partial charge is 0.370 e. The summed E-state index contributed by atoms with van der Waals surface area (Å²) in [6, 6.07) is 0.457. The van der Waals surface area contributed by atoms with E-state index in [1.54, 1.807) is 0 Å². The Morgan fingerprint density at radius 2 is 2.10 bits per heavy atom. The zero-order valence-electron chi connectivity index (χ0n) is 5.89. The zero-order chi connectivity index (χ0) is 7.40. The SMILES string of the molecule is N=C(N)NC1CCSCC1. The lowest BCUT2D eigenvalue weighted by molar-refractivity contribution is 0.563. The van der Waals surface area contributed by atoms with E-state index in [1.165, 1.54) is 11.5 Å². The summed E-state index contributed by atoms with van der Waals surface area (Å²) in [7, 11) is 0. The van der Waals surface area contributed by atoms with Crippen LogP contribution in [-0.4, -0.2) is 23.5 Å². The molecular weight excluding hydrogens is 146 g/mol. The maximum absolute atomic E-state index is 6.99. The van der Waals surface area contributed by atoms with Crippen molar-refractivity contribution in [1.29, 1.82) is 5.41 Å². The molecule has 4 N–H and O–H groups in total. The molecule has 4 heteroatoms. The molecule has 1 rings (SSSR count). The lowest BCUT2D eigenvalue weighted by Gasteiger charge is -2.22. The summed E-state index contributed by atoms with van der Waals surface area (Å²) in [5, 5.41) is 9.92. The standard InChI is InChI=1S/C6H13N3S/c7-6(8)9-5-1-3-10-4-2-5/h5H,1-4H2,(H4,7,8,9). The Bertz CT molecular complexity index is 120. The van der Waals surface area contributed by atoms with Crippen LogP contribution in [0.15, 0.2) is 0 Å². The van der Waals surface area contributed by atoms with Crippen molar-refractivity contribution in [2.75, 3.05) is 11.5 Å². The Morgan fingerprint density at radius 1 is 1.50 bits per heavy atom. The van der Waals surface area contributed by atoms with Crippen molar-refractivity contribution >= 4 is 17.7 Å². The second-order valence-corrected chi connectivity index (χ2v) is 3.67. The van der Waals surface area contributed by atoms with Crippen LogP contribution in [0.5, 0.6) is 0 Å². The number of nitrogens with one attached hydrogen (secondary N) is 2. The molecule has 0 saturated carbocycles. The highest BCUT2D eigenvalue weighted by Gasteiger charge is 2.12. The zero-order valence-corrected chi connectivity index (χ0v) is 6.71. The molecule has 0 aromatic carbocycles. The van der Waals surface area contributed by atoms with Gasteiger partial charge in [-0.15, -0.1) is 0 Å². The van der Waals surface area contributed by atoms with Crippen LogP contribution < -0.4 is 11.1 Å². The molecule has 0 amide bonds. The van der Waals surface area contributed by atoms with E-state index in [0.29, 0.717) is 6.04 Å². The van der Waals surface area contributed by atoms with Crippen molar-refractivity contribution in [1.82, 2.24) is 5.32 Å². The third-order valence-corrected chi connectivity index (χ3v) is 2.63. The van der Waals surface area contributed by atoms with Crippen LogP contribution in [0.1, 0.15) is 12.8 Å². The van der Waals surface area contributed by atoms with Gasteiger partial charge in [0.25, 0.3) is 0 Å². The Labute approximate surface area is 65.3 Å². The van der Waals surface area contributed by atoms with E-state index in [2.05, 4.69) is 5.32 Å². The van der Waals surface area contributed by atoms with Crippen LogP contribution in [0.25, 0.3) is 0 Å². The second kappa shape index (κ2) is 3.71. The van der Waals surface area contributed by atoms with Gasteiger partial charge in [0, 0.05) is 6.04 Å². The fourth-order valence-electron chi connectivity index (χ4n) is 1.06. The van der Waals surface area contributed by atoms with Gasteiger partial charge in [-0.05, 0) is 24.3 Å². The molecule has 0 bridgehead atoms. The van der Waals surface area contributed by atoms with Crippen molar-refractivity contribution in [2.24, 2.45) is 5.73 Å². The molecule has 1 aliphatic heterocycles. The summed E-state index contributed by atoms with van der Waals surface area (Å²) in [6.45, 7) is 0. The summed E-state index contributed by atoms with van der Waals surface area (Å²) in [6.07, 6.45) is 2.29. The van der Waals surface area contributed by atoms with E-state index < -0.39 is 0 Å². The predicted molar refractivity (Wildman–Crippen MR) is 45.4 cm³/mol. The minimum Gasteiger partial charge on any atom is -0.370 e. The first kappa shape index (κ1) is 7.72. The first-order valence-electron chi connectivity index (χ1n) is 3.47. The summed E-state index contributed by atoms with van der Waals surface area (Å²) in [4.78, 5) is 0. The molecule has 1 saturated heterocycles. The minimum atomic E-state index is 0.108. The molecule has 0 spiro atoms. The van der Waals surface area contributed by atoms with E-state index >= 15 is 0 Å². The van der Waals surface area contributed by atoms with Gasteiger partial charge in [0.1, 0.15) is 0 Å². The van der Waals surface area contributed by atoms with Crippen molar-refractivity contribution in [2.45, 2.75) is 18.9 Å². The quantitative estimate of drug-likeness (QED) is 0.382. The number of guanidine groups is 1. The van der Waals surface area contributed by atoms with Crippen LogP contribution in [0.2, 0.25) is 0 Å². The van der Waals surface area contributed by atoms with Gasteiger partial charge in [0.05, 0.1) is 0 Å². The molecule has 0 aromatic heterocycles. The normalized spacial score (nSPS) is 20.4. The van der Waals surface area contributed by atoms with Gasteiger partial charge in [-0.3, -0.25) is 5.41 Å². The van der Waals surface area contributed by atoms with Crippen molar-refractivity contribution in [3.8, 4) is 0 Å². The molecule has 10 heavy (non-hydrogen) atoms. The third kappa shape index (κ3) is 2.47. The predicted octanol–water partition coefficient (Wildman–Crippen LogP) is 0.365. The van der Waals surface area contributed by atoms with Crippen molar-refractivity contribution < 1.29 is 0 Å². The lowest BCUT2D eigenvalue weighted by Crippen LogP contribution is -2.41. The maximum Gasteiger partial charge on any atom is 0.185 e. The Hall–Kier alpha value is -0.380. The summed E-state index contributed by atoms with van der Waals surface area (Å²) in [5.74, 6) is 2.51. The number of thioether (sulfide) groups is 1. The molecule has 1 heterocycles. The number of nitrogens with two attached hydrogens (primary N) is 1. The molecule has 0 aliphatic carbocycles. The van der Waals surface area contributed by atoms with E-state index in [9.17, 15) is 0 Å². The molecule has 0 radical (unpaired) electrons. The minimum absolute atomic E-state index is 0.108. The lowest BCUT2D eigenvalue weighted by atomic mass is 10.2. The average molecular weight is 159 g/mol. The molecular formula is C6H13N3S. The van der Waals surface area contributed by atoms with Crippen LogP contribution in [0, 0.1) is 5.41 Å². The van der Waals surface area contributed by atoms with Gasteiger partial charge < -0.3 is 11.1 Å². The van der Waals surface area contributed by atoms with Gasteiger partial charge in [0.2, 0.25) is 0 Å². The fourth-order valence-corrected chi connectivity index (χ4v) is 2.17. The first-order valence-corrected chi connectivity index (χ1v) is 4.63. The Balaban J connectivity index is 2.19. The highest BCUT2D eigenvalue weighted by atomic mass is 32.2. The van der Waals surface area contributed by atoms with E-state index in [-0.39, 0.29) is 5.96 Å². The van der Waals surface area contributed by atoms with E-state index in [1.807, 2.05) is 11.8 Å². The number of hydrogen-bond donors (Lipinski definition) is 3. The van der Waals surface area contributed by atoms with Gasteiger partial charge in [0.15, 0.2) is 5.96 Å². The fraction of sp³-hybridized carbons (Fsp3) is 0.833. The molecule has 0 aromatic rings. The average Bonchev–Trinajstić information content (AvgIpc) is 1.88. The molecule has 3 nitrogen and oxygen atoms in total. The van der Waals surface area contributed by atoms with Gasteiger partial charge >= 0.3 is 0 Å². The Kier molecular flexibility index (Phi) is 2.86. The first-order chi connectivity index (χ1) is 4.79. The van der Waals surface area contributed by atoms with Crippen LogP contribution in [0.3, 0.4) is 0 Å². The molecule has 0 unspecified atom stereocenters. The molecule has 1 aliphatic rings. The van der Waals surface area contributed by atoms with Gasteiger partial charge in [-0.1, -0.05) is 0 Å². The van der Waals surface area contributed by atoms with E-state index in [4.69, 9.17) is 11.1 Å². The molecule has 1 fully saturated rings. The second-order valence-electron chi connectivity index (χ2n) is 2.44. The smallest absolute Gasteiger partial charge is 0.185 e. The van der Waals surface area contributed by atoms with Crippen LogP contribution in [0.4, 0.5) is 0 Å². The van der Waals surface area contributed by atoms with Crippen LogP contribution in [-0.2, 0) is 0 Å². The topological polar surface area (TPSA) is 61.9 Å². The molecule has 0 atom stereocenters.